The molecule has 4 heteroatoms. The standard InChI is InChI=1S/C28H22N2O2/c31-28(32)27-26(21-9-3-1-4-10-21)24-13-7-8-14-25(24)30(27)19-20-15-17-23(18-16-20)29-22-11-5-2-6-12-22/h1-18,29H,19H2,(H,31,32). The fourth-order valence-corrected chi connectivity index (χ4v) is 4.15. The molecule has 1 heterocycles. The molecule has 0 spiro atoms. The first-order chi connectivity index (χ1) is 15.7. The Morgan fingerprint density at radius 1 is 0.719 bits per heavy atom. The molecule has 5 rings (SSSR count). The Hall–Kier alpha value is -4.31. The van der Waals surface area contributed by atoms with E-state index in [1.165, 1.54) is 0 Å². The van der Waals surface area contributed by atoms with Gasteiger partial charge in [-0.2, -0.15) is 0 Å². The lowest BCUT2D eigenvalue weighted by molar-refractivity contribution is 0.0687. The SMILES string of the molecule is O=C(O)c1c(-c2ccccc2)c2ccccc2n1Cc1ccc(Nc2ccccc2)cc1. The third kappa shape index (κ3) is 3.74. The van der Waals surface area contributed by atoms with Crippen LogP contribution in [0.5, 0.6) is 0 Å². The smallest absolute Gasteiger partial charge is 0.353 e. The van der Waals surface area contributed by atoms with E-state index >= 15 is 0 Å². The van der Waals surface area contributed by atoms with Crippen LogP contribution >= 0.6 is 0 Å². The van der Waals surface area contributed by atoms with E-state index in [4.69, 9.17) is 0 Å². The molecule has 32 heavy (non-hydrogen) atoms. The van der Waals surface area contributed by atoms with E-state index in [0.717, 1.165) is 39.0 Å². The number of hydrogen-bond acceptors (Lipinski definition) is 2. The molecule has 0 radical (unpaired) electrons. The van der Waals surface area contributed by atoms with E-state index in [2.05, 4.69) is 5.32 Å². The number of benzene rings is 4. The number of hydrogen-bond donors (Lipinski definition) is 2. The van der Waals surface area contributed by atoms with Crippen LogP contribution in [0.1, 0.15) is 16.1 Å². The second kappa shape index (κ2) is 8.44. The summed E-state index contributed by atoms with van der Waals surface area (Å²) in [5, 5.41) is 14.5. The van der Waals surface area contributed by atoms with Gasteiger partial charge in [0, 0.05) is 34.4 Å². The molecule has 0 saturated carbocycles. The van der Waals surface area contributed by atoms with Crippen molar-refractivity contribution in [1.29, 1.82) is 0 Å². The number of fused-ring (bicyclic) bond motifs is 1. The average molecular weight is 418 g/mol. The van der Waals surface area contributed by atoms with Gasteiger partial charge >= 0.3 is 5.97 Å². The van der Waals surface area contributed by atoms with Crippen LogP contribution in [0.3, 0.4) is 0 Å². The van der Waals surface area contributed by atoms with Crippen molar-refractivity contribution in [3.05, 3.63) is 120 Å². The van der Waals surface area contributed by atoms with Gasteiger partial charge in [0.1, 0.15) is 5.69 Å². The molecule has 0 aliphatic rings. The molecular formula is C28H22N2O2. The highest BCUT2D eigenvalue weighted by Crippen LogP contribution is 2.35. The summed E-state index contributed by atoms with van der Waals surface area (Å²) in [7, 11) is 0. The number of nitrogens with one attached hydrogen (secondary N) is 1. The second-order valence-electron chi connectivity index (χ2n) is 7.69. The first kappa shape index (κ1) is 19.6. The second-order valence-corrected chi connectivity index (χ2v) is 7.69. The summed E-state index contributed by atoms with van der Waals surface area (Å²) in [5.74, 6) is -0.928. The Kier molecular flexibility index (Phi) is 5.18. The van der Waals surface area contributed by atoms with Crippen LogP contribution in [-0.2, 0) is 6.54 Å². The van der Waals surface area contributed by atoms with E-state index in [1.54, 1.807) is 0 Å². The largest absolute Gasteiger partial charge is 0.477 e. The van der Waals surface area contributed by atoms with E-state index in [1.807, 2.05) is 114 Å². The summed E-state index contributed by atoms with van der Waals surface area (Å²) in [6.07, 6.45) is 0. The first-order valence-electron chi connectivity index (χ1n) is 10.5. The molecule has 0 atom stereocenters. The van der Waals surface area contributed by atoms with Gasteiger partial charge in [-0.3, -0.25) is 0 Å². The fraction of sp³-hybridized carbons (Fsp3) is 0.0357. The van der Waals surface area contributed by atoms with Gasteiger partial charge in [0.2, 0.25) is 0 Å². The number of carbonyl (C=O) groups is 1. The monoisotopic (exact) mass is 418 g/mol. The topological polar surface area (TPSA) is 54.3 Å². The quantitative estimate of drug-likeness (QED) is 0.319. The van der Waals surface area contributed by atoms with Gasteiger partial charge in [-0.15, -0.1) is 0 Å². The van der Waals surface area contributed by atoms with Crippen molar-refractivity contribution in [2.75, 3.05) is 5.32 Å². The molecule has 0 bridgehead atoms. The van der Waals surface area contributed by atoms with E-state index in [-0.39, 0.29) is 0 Å². The summed E-state index contributed by atoms with van der Waals surface area (Å²) >= 11 is 0. The third-order valence-electron chi connectivity index (χ3n) is 5.59. The van der Waals surface area contributed by atoms with Crippen molar-refractivity contribution in [3.63, 3.8) is 0 Å². The van der Waals surface area contributed by atoms with Crippen molar-refractivity contribution in [3.8, 4) is 11.1 Å². The maximum Gasteiger partial charge on any atom is 0.353 e. The van der Waals surface area contributed by atoms with Crippen molar-refractivity contribution in [2.24, 2.45) is 0 Å². The van der Waals surface area contributed by atoms with Crippen LogP contribution in [0.4, 0.5) is 11.4 Å². The van der Waals surface area contributed by atoms with E-state index in [0.29, 0.717) is 12.2 Å². The molecule has 0 saturated heterocycles. The van der Waals surface area contributed by atoms with Crippen LogP contribution < -0.4 is 5.32 Å². The van der Waals surface area contributed by atoms with Crippen molar-refractivity contribution in [2.45, 2.75) is 6.54 Å². The number of aromatic nitrogens is 1. The molecule has 5 aromatic rings. The lowest BCUT2D eigenvalue weighted by Crippen LogP contribution is -2.10. The normalized spacial score (nSPS) is 10.9. The summed E-state index contributed by atoms with van der Waals surface area (Å²) in [6.45, 7) is 0.473. The summed E-state index contributed by atoms with van der Waals surface area (Å²) in [5.41, 5.74) is 5.93. The number of carboxylic acids is 1. The zero-order valence-electron chi connectivity index (χ0n) is 17.4. The first-order valence-corrected chi connectivity index (χ1v) is 10.5. The summed E-state index contributed by atoms with van der Waals surface area (Å²) in [6, 6.07) is 35.7. The molecule has 4 nitrogen and oxygen atoms in total. The Balaban J connectivity index is 1.55. The zero-order chi connectivity index (χ0) is 21.9. The molecule has 1 aromatic heterocycles. The number of aromatic carboxylic acids is 1. The zero-order valence-corrected chi connectivity index (χ0v) is 17.4. The maximum atomic E-state index is 12.4. The third-order valence-corrected chi connectivity index (χ3v) is 5.59. The van der Waals surface area contributed by atoms with Gasteiger partial charge in [-0.25, -0.2) is 4.79 Å². The predicted molar refractivity (Wildman–Crippen MR) is 130 cm³/mol. The van der Waals surface area contributed by atoms with Crippen molar-refractivity contribution >= 4 is 28.2 Å². The highest BCUT2D eigenvalue weighted by Gasteiger charge is 2.23. The van der Waals surface area contributed by atoms with Crippen molar-refractivity contribution < 1.29 is 9.90 Å². The molecular weight excluding hydrogens is 396 g/mol. The molecule has 4 aromatic carbocycles. The van der Waals surface area contributed by atoms with Gasteiger partial charge in [0.15, 0.2) is 0 Å². The summed E-state index contributed by atoms with van der Waals surface area (Å²) < 4.78 is 1.90. The Morgan fingerprint density at radius 2 is 1.31 bits per heavy atom. The molecule has 2 N–H and O–H groups in total. The maximum absolute atomic E-state index is 12.4. The van der Waals surface area contributed by atoms with Crippen LogP contribution in [0, 0.1) is 0 Å². The number of para-hydroxylation sites is 2. The van der Waals surface area contributed by atoms with Gasteiger partial charge in [-0.05, 0) is 41.5 Å². The van der Waals surface area contributed by atoms with Crippen molar-refractivity contribution in [1.82, 2.24) is 4.57 Å². The van der Waals surface area contributed by atoms with Crippen LogP contribution in [-0.4, -0.2) is 15.6 Å². The number of nitrogens with zero attached hydrogens (tertiary/aromatic N) is 1. The lowest BCUT2D eigenvalue weighted by Gasteiger charge is -2.11. The lowest BCUT2D eigenvalue weighted by atomic mass is 10.0. The molecule has 0 unspecified atom stereocenters. The highest BCUT2D eigenvalue weighted by molar-refractivity contribution is 6.08. The Morgan fingerprint density at radius 3 is 2.00 bits per heavy atom. The molecule has 0 aliphatic heterocycles. The molecule has 156 valence electrons. The predicted octanol–water partition coefficient (Wildman–Crippen LogP) is 6.80. The highest BCUT2D eigenvalue weighted by atomic mass is 16.4. The minimum absolute atomic E-state index is 0.309. The minimum Gasteiger partial charge on any atom is -0.477 e. The number of rotatable bonds is 6. The fourth-order valence-electron chi connectivity index (χ4n) is 4.15. The van der Waals surface area contributed by atoms with E-state index < -0.39 is 5.97 Å². The Bertz CT molecular complexity index is 1370. The number of anilines is 2. The Labute approximate surface area is 186 Å². The van der Waals surface area contributed by atoms with Crippen LogP contribution in [0.25, 0.3) is 22.0 Å². The molecule has 0 fully saturated rings. The summed E-state index contributed by atoms with van der Waals surface area (Å²) in [4.78, 5) is 12.4. The van der Waals surface area contributed by atoms with Gasteiger partial charge in [0.05, 0.1) is 0 Å². The van der Waals surface area contributed by atoms with Crippen LogP contribution in [0.2, 0.25) is 0 Å². The average Bonchev–Trinajstić information content (AvgIpc) is 3.16. The van der Waals surface area contributed by atoms with Gasteiger partial charge < -0.3 is 15.0 Å². The molecule has 0 aliphatic carbocycles. The van der Waals surface area contributed by atoms with Gasteiger partial charge in [0.25, 0.3) is 0 Å². The van der Waals surface area contributed by atoms with Gasteiger partial charge in [-0.1, -0.05) is 78.9 Å². The molecule has 0 amide bonds. The van der Waals surface area contributed by atoms with E-state index in [9.17, 15) is 9.90 Å². The number of carboxylic acid groups (broad SMARTS) is 1. The van der Waals surface area contributed by atoms with Crippen LogP contribution in [0.15, 0.2) is 109 Å². The minimum atomic E-state index is -0.928.